The first-order valence-corrected chi connectivity index (χ1v) is 7.35. The summed E-state index contributed by atoms with van der Waals surface area (Å²) < 4.78 is 0. The van der Waals surface area contributed by atoms with Crippen molar-refractivity contribution in [2.24, 2.45) is 0 Å². The van der Waals surface area contributed by atoms with Crippen molar-refractivity contribution in [1.29, 1.82) is 0 Å². The van der Waals surface area contributed by atoms with Gasteiger partial charge < -0.3 is 14.9 Å². The Morgan fingerprint density at radius 3 is 2.50 bits per heavy atom. The van der Waals surface area contributed by atoms with E-state index in [-0.39, 0.29) is 18.4 Å². The van der Waals surface area contributed by atoms with Gasteiger partial charge in [-0.05, 0) is 19.3 Å². The summed E-state index contributed by atoms with van der Waals surface area (Å²) in [6, 6.07) is 0. The van der Waals surface area contributed by atoms with E-state index in [9.17, 15) is 9.59 Å². The molecule has 0 spiro atoms. The molecule has 0 aromatic carbocycles. The Bertz CT molecular complexity index is 321. The Morgan fingerprint density at radius 1 is 1.10 bits per heavy atom. The minimum absolute atomic E-state index is 0.104. The van der Waals surface area contributed by atoms with Crippen LogP contribution in [0, 0.1) is 0 Å². The summed E-state index contributed by atoms with van der Waals surface area (Å²) in [4.78, 5) is 29.3. The molecule has 20 heavy (non-hydrogen) atoms. The zero-order chi connectivity index (χ0) is 15.0. The van der Waals surface area contributed by atoms with Gasteiger partial charge in [0.15, 0.2) is 0 Å². The lowest BCUT2D eigenvalue weighted by Crippen LogP contribution is -2.39. The van der Waals surface area contributed by atoms with E-state index in [0.29, 0.717) is 25.9 Å². The summed E-state index contributed by atoms with van der Waals surface area (Å²) in [5.74, 6) is 0.270. The maximum Gasteiger partial charge on any atom is 0.236 e. The zero-order valence-electron chi connectivity index (χ0n) is 12.7. The fourth-order valence-corrected chi connectivity index (χ4v) is 2.26. The number of hydrogen-bond acceptors (Lipinski definition) is 4. The highest BCUT2D eigenvalue weighted by molar-refractivity contribution is 5.78. The fraction of sp³-hybridized carbons (Fsp3) is 0.857. The second-order valence-electron chi connectivity index (χ2n) is 5.48. The molecule has 116 valence electrons. The molecule has 0 bridgehead atoms. The molecule has 1 heterocycles. The zero-order valence-corrected chi connectivity index (χ0v) is 12.7. The Hall–Kier alpha value is -1.14. The quantitative estimate of drug-likeness (QED) is 0.685. The molecule has 1 aliphatic heterocycles. The summed E-state index contributed by atoms with van der Waals surface area (Å²) in [6.45, 7) is 3.65. The molecule has 1 N–H and O–H groups in total. The van der Waals surface area contributed by atoms with Gasteiger partial charge >= 0.3 is 0 Å². The van der Waals surface area contributed by atoms with Crippen LogP contribution in [0.25, 0.3) is 0 Å². The van der Waals surface area contributed by atoms with E-state index < -0.39 is 0 Å². The molecule has 0 saturated carbocycles. The second kappa shape index (κ2) is 8.92. The fourth-order valence-electron chi connectivity index (χ4n) is 2.26. The molecule has 0 atom stereocenters. The molecule has 1 saturated heterocycles. The van der Waals surface area contributed by atoms with Gasteiger partial charge in [-0.15, -0.1) is 0 Å². The van der Waals surface area contributed by atoms with E-state index in [2.05, 4.69) is 4.90 Å². The van der Waals surface area contributed by atoms with Crippen molar-refractivity contribution in [3.05, 3.63) is 0 Å². The first-order chi connectivity index (χ1) is 9.54. The van der Waals surface area contributed by atoms with Crippen LogP contribution < -0.4 is 0 Å². The SMILES string of the molecule is CN(C)C(=O)CN1CCCN(C(=O)CCCCO)CC1. The van der Waals surface area contributed by atoms with E-state index >= 15 is 0 Å². The summed E-state index contributed by atoms with van der Waals surface area (Å²) in [7, 11) is 3.52. The molecule has 6 nitrogen and oxygen atoms in total. The van der Waals surface area contributed by atoms with Crippen LogP contribution in [0.5, 0.6) is 0 Å². The average Bonchev–Trinajstić information content (AvgIpc) is 2.64. The third-order valence-electron chi connectivity index (χ3n) is 3.60. The molecule has 0 aromatic rings. The summed E-state index contributed by atoms with van der Waals surface area (Å²) >= 11 is 0. The van der Waals surface area contributed by atoms with Crippen molar-refractivity contribution in [2.45, 2.75) is 25.7 Å². The number of carbonyl (C=O) groups excluding carboxylic acids is 2. The summed E-state index contributed by atoms with van der Waals surface area (Å²) in [5, 5.41) is 8.73. The van der Waals surface area contributed by atoms with Gasteiger partial charge in [0.05, 0.1) is 6.54 Å². The lowest BCUT2D eigenvalue weighted by atomic mass is 10.2. The standard InChI is InChI=1S/C14H27N3O3/c1-15(2)14(20)12-16-7-5-8-17(10-9-16)13(19)6-3-4-11-18/h18H,3-12H2,1-2H3. The Kier molecular flexibility index (Phi) is 7.54. The first-order valence-electron chi connectivity index (χ1n) is 7.35. The van der Waals surface area contributed by atoms with E-state index in [1.165, 1.54) is 0 Å². The molecule has 0 radical (unpaired) electrons. The van der Waals surface area contributed by atoms with E-state index in [4.69, 9.17) is 5.11 Å². The van der Waals surface area contributed by atoms with Crippen LogP contribution in [0.3, 0.4) is 0 Å². The third-order valence-corrected chi connectivity index (χ3v) is 3.60. The monoisotopic (exact) mass is 285 g/mol. The number of aliphatic hydroxyl groups excluding tert-OH is 1. The van der Waals surface area contributed by atoms with Crippen LogP contribution in [-0.2, 0) is 9.59 Å². The molecule has 6 heteroatoms. The summed E-state index contributed by atoms with van der Waals surface area (Å²) in [6.07, 6.45) is 2.85. The molecule has 0 unspecified atom stereocenters. The van der Waals surface area contributed by atoms with Crippen molar-refractivity contribution >= 4 is 11.8 Å². The number of likely N-dealkylation sites (N-methyl/N-ethyl adjacent to an activating group) is 1. The average molecular weight is 285 g/mol. The normalized spacial score (nSPS) is 16.9. The van der Waals surface area contributed by atoms with Gasteiger partial charge in [0.1, 0.15) is 0 Å². The van der Waals surface area contributed by atoms with Crippen molar-refractivity contribution in [1.82, 2.24) is 14.7 Å². The number of hydrogen-bond donors (Lipinski definition) is 1. The van der Waals surface area contributed by atoms with Crippen molar-refractivity contribution in [3.8, 4) is 0 Å². The van der Waals surface area contributed by atoms with E-state index in [0.717, 1.165) is 32.5 Å². The predicted molar refractivity (Wildman–Crippen MR) is 77.3 cm³/mol. The smallest absolute Gasteiger partial charge is 0.236 e. The van der Waals surface area contributed by atoms with Crippen LogP contribution in [0.15, 0.2) is 0 Å². The van der Waals surface area contributed by atoms with Crippen LogP contribution in [0.4, 0.5) is 0 Å². The highest BCUT2D eigenvalue weighted by Gasteiger charge is 2.20. The number of unbranched alkanes of at least 4 members (excludes halogenated alkanes) is 1. The molecular weight excluding hydrogens is 258 g/mol. The number of amides is 2. The van der Waals surface area contributed by atoms with Gasteiger partial charge in [0, 0.05) is 53.3 Å². The lowest BCUT2D eigenvalue weighted by Gasteiger charge is -2.22. The molecule has 0 aliphatic carbocycles. The maximum absolute atomic E-state index is 12.0. The van der Waals surface area contributed by atoms with Crippen molar-refractivity contribution in [3.63, 3.8) is 0 Å². The minimum atomic E-state index is 0.104. The Morgan fingerprint density at radius 2 is 1.85 bits per heavy atom. The molecular formula is C14H27N3O3. The lowest BCUT2D eigenvalue weighted by molar-refractivity contribution is -0.131. The van der Waals surface area contributed by atoms with Crippen LogP contribution in [0.2, 0.25) is 0 Å². The number of aliphatic hydroxyl groups is 1. The third kappa shape index (κ3) is 5.88. The molecule has 1 aliphatic rings. The Balaban J connectivity index is 2.35. The van der Waals surface area contributed by atoms with Crippen LogP contribution in [-0.4, -0.2) is 85.0 Å². The highest BCUT2D eigenvalue weighted by atomic mass is 16.3. The second-order valence-corrected chi connectivity index (χ2v) is 5.48. The Labute approximate surface area is 121 Å². The summed E-state index contributed by atoms with van der Waals surface area (Å²) in [5.41, 5.74) is 0. The highest BCUT2D eigenvalue weighted by Crippen LogP contribution is 2.07. The largest absolute Gasteiger partial charge is 0.396 e. The topological polar surface area (TPSA) is 64.1 Å². The van der Waals surface area contributed by atoms with Gasteiger partial charge in [0.2, 0.25) is 11.8 Å². The minimum Gasteiger partial charge on any atom is -0.396 e. The maximum atomic E-state index is 12.0. The number of carbonyl (C=O) groups is 2. The van der Waals surface area contributed by atoms with Gasteiger partial charge in [-0.2, -0.15) is 0 Å². The number of nitrogens with zero attached hydrogens (tertiary/aromatic N) is 3. The van der Waals surface area contributed by atoms with Gasteiger partial charge in [-0.1, -0.05) is 0 Å². The molecule has 1 fully saturated rings. The van der Waals surface area contributed by atoms with E-state index in [1.54, 1.807) is 19.0 Å². The van der Waals surface area contributed by atoms with Crippen LogP contribution >= 0.6 is 0 Å². The van der Waals surface area contributed by atoms with Crippen LogP contribution in [0.1, 0.15) is 25.7 Å². The molecule has 2 amide bonds. The van der Waals surface area contributed by atoms with Gasteiger partial charge in [0.25, 0.3) is 0 Å². The molecule has 1 rings (SSSR count). The first kappa shape index (κ1) is 16.9. The predicted octanol–water partition coefficient (Wildman–Crippen LogP) is -0.228. The van der Waals surface area contributed by atoms with Gasteiger partial charge in [-0.25, -0.2) is 0 Å². The van der Waals surface area contributed by atoms with E-state index in [1.807, 2.05) is 4.90 Å². The molecule has 0 aromatic heterocycles. The van der Waals surface area contributed by atoms with Gasteiger partial charge in [-0.3, -0.25) is 14.5 Å². The van der Waals surface area contributed by atoms with Crippen molar-refractivity contribution < 1.29 is 14.7 Å². The number of rotatable bonds is 6. The van der Waals surface area contributed by atoms with Crippen molar-refractivity contribution in [2.75, 3.05) is 53.4 Å².